The second kappa shape index (κ2) is 17.7. The van der Waals surface area contributed by atoms with Crippen molar-refractivity contribution >= 4 is 46.2 Å². The van der Waals surface area contributed by atoms with Crippen molar-refractivity contribution in [2.45, 2.75) is 85.0 Å². The van der Waals surface area contributed by atoms with Crippen molar-refractivity contribution in [1.29, 1.82) is 0 Å². The number of nitrogens with zero attached hydrogens (tertiary/aromatic N) is 5. The van der Waals surface area contributed by atoms with Crippen LogP contribution in [0.3, 0.4) is 0 Å². The third-order valence-corrected chi connectivity index (χ3v) is 12.0. The number of likely N-dealkylation sites (tertiary alicyclic amines) is 2. The fourth-order valence-corrected chi connectivity index (χ4v) is 8.71. The first-order valence-corrected chi connectivity index (χ1v) is 20.9. The summed E-state index contributed by atoms with van der Waals surface area (Å²) in [5.74, 6) is 0.795. The van der Waals surface area contributed by atoms with Crippen molar-refractivity contribution in [3.63, 3.8) is 0 Å². The van der Waals surface area contributed by atoms with Crippen LogP contribution in [0.2, 0.25) is 0 Å². The van der Waals surface area contributed by atoms with Gasteiger partial charge in [0, 0.05) is 36.8 Å². The number of carbonyl (C=O) groups is 4. The van der Waals surface area contributed by atoms with Gasteiger partial charge in [0.05, 0.1) is 49.4 Å². The average Bonchev–Trinajstić information content (AvgIpc) is 4.07. The second-order valence-electron chi connectivity index (χ2n) is 17.2. The smallest absolute Gasteiger partial charge is 0.407 e. The van der Waals surface area contributed by atoms with Crippen molar-refractivity contribution in [3.05, 3.63) is 78.4 Å². The highest BCUT2D eigenvalue weighted by Crippen LogP contribution is 2.37. The molecule has 2 aromatic carbocycles. The molecule has 0 saturated carbocycles. The van der Waals surface area contributed by atoms with Crippen molar-refractivity contribution in [3.8, 4) is 22.5 Å². The average molecular weight is 817 g/mol. The van der Waals surface area contributed by atoms with Crippen LogP contribution in [-0.4, -0.2) is 99.9 Å². The molecule has 14 heteroatoms. The lowest BCUT2D eigenvalue weighted by molar-refractivity contribution is -0.136. The van der Waals surface area contributed by atoms with Gasteiger partial charge in [-0.15, -0.1) is 0 Å². The van der Waals surface area contributed by atoms with Crippen molar-refractivity contribution in [2.75, 3.05) is 27.3 Å². The molecule has 316 valence electrons. The maximum Gasteiger partial charge on any atom is 0.407 e. The molecule has 14 nitrogen and oxygen atoms in total. The van der Waals surface area contributed by atoms with Crippen LogP contribution in [0, 0.1) is 23.7 Å². The van der Waals surface area contributed by atoms with Gasteiger partial charge in [-0.2, -0.15) is 0 Å². The molecule has 2 aromatic heterocycles. The molecule has 3 aliphatic rings. The van der Waals surface area contributed by atoms with Gasteiger partial charge < -0.3 is 34.9 Å². The first kappa shape index (κ1) is 42.1. The zero-order valence-corrected chi connectivity index (χ0v) is 35.7. The van der Waals surface area contributed by atoms with E-state index in [0.717, 1.165) is 63.1 Å². The summed E-state index contributed by atoms with van der Waals surface area (Å²) in [6.45, 7) is 13.1. The number of nitrogens with one attached hydrogen (secondary N) is 3. The Hall–Kier alpha value is -6.05. The molecular weight excluding hydrogens is 761 g/mol. The van der Waals surface area contributed by atoms with Crippen molar-refractivity contribution in [1.82, 2.24) is 35.4 Å². The lowest BCUT2D eigenvalue weighted by Gasteiger charge is -2.31. The quantitative estimate of drug-likeness (QED) is 0.141. The summed E-state index contributed by atoms with van der Waals surface area (Å²) in [4.78, 5) is 73.2. The van der Waals surface area contributed by atoms with Gasteiger partial charge in [-0.25, -0.2) is 19.6 Å². The van der Waals surface area contributed by atoms with E-state index in [4.69, 9.17) is 24.4 Å². The fraction of sp³-hybridized carbons (Fsp3) is 0.457. The summed E-state index contributed by atoms with van der Waals surface area (Å²) in [5.41, 5.74) is 7.65. The minimum absolute atomic E-state index is 0.0968. The normalized spacial score (nSPS) is 21.2. The molecule has 0 radical (unpaired) electrons. The number of imidazole rings is 1. The number of benzene rings is 2. The van der Waals surface area contributed by atoms with Crippen LogP contribution in [0.15, 0.2) is 72.0 Å². The molecule has 1 unspecified atom stereocenters. The number of hydrogen-bond donors (Lipinski definition) is 3. The van der Waals surface area contributed by atoms with E-state index in [-0.39, 0.29) is 41.7 Å². The van der Waals surface area contributed by atoms with E-state index in [1.54, 1.807) is 6.20 Å². The Labute approximate surface area is 351 Å². The summed E-state index contributed by atoms with van der Waals surface area (Å²) in [7, 11) is 2.59. The van der Waals surface area contributed by atoms with E-state index in [1.165, 1.54) is 14.2 Å². The zero-order chi connectivity index (χ0) is 42.8. The predicted molar refractivity (Wildman–Crippen MR) is 231 cm³/mol. The minimum atomic E-state index is -0.710. The summed E-state index contributed by atoms with van der Waals surface area (Å²) in [6, 6.07) is 17.0. The number of aromatic nitrogens is 3. The van der Waals surface area contributed by atoms with E-state index in [2.05, 4.69) is 71.9 Å². The fourth-order valence-electron chi connectivity index (χ4n) is 8.71. The van der Waals surface area contributed by atoms with Crippen LogP contribution in [0.5, 0.6) is 0 Å². The van der Waals surface area contributed by atoms with E-state index in [9.17, 15) is 19.2 Å². The Bertz CT molecular complexity index is 2320. The van der Waals surface area contributed by atoms with Gasteiger partial charge in [-0.3, -0.25) is 14.6 Å². The molecular formula is C46H56N8O6. The van der Waals surface area contributed by atoms with Gasteiger partial charge >= 0.3 is 12.2 Å². The summed E-state index contributed by atoms with van der Waals surface area (Å²) < 4.78 is 9.58. The minimum Gasteiger partial charge on any atom is -0.453 e. The van der Waals surface area contributed by atoms with Crippen LogP contribution in [0.4, 0.5) is 9.59 Å². The summed E-state index contributed by atoms with van der Waals surface area (Å²) >= 11 is 0. The number of amides is 4. The van der Waals surface area contributed by atoms with Crippen LogP contribution < -0.4 is 10.6 Å². The maximum atomic E-state index is 13.7. The Kier molecular flexibility index (Phi) is 12.4. The Balaban J connectivity index is 1.01. The number of aliphatic imine (C=N–C) groups is 1. The number of pyridine rings is 1. The van der Waals surface area contributed by atoms with Crippen molar-refractivity contribution < 1.29 is 28.7 Å². The van der Waals surface area contributed by atoms with E-state index >= 15 is 0 Å². The number of aromatic amines is 1. The predicted octanol–water partition coefficient (Wildman–Crippen LogP) is 7.39. The number of carbonyl (C=O) groups excluding carboxylic acids is 4. The van der Waals surface area contributed by atoms with Gasteiger partial charge in [0.25, 0.3) is 0 Å². The molecule has 2 fully saturated rings. The van der Waals surface area contributed by atoms with Crippen LogP contribution >= 0.6 is 0 Å². The molecule has 60 heavy (non-hydrogen) atoms. The number of H-pyrrole nitrogens is 1. The largest absolute Gasteiger partial charge is 0.453 e. The lowest BCUT2D eigenvalue weighted by atomic mass is 9.95. The number of ether oxygens (including phenoxy) is 2. The first-order chi connectivity index (χ1) is 28.7. The standard InChI is InChI=1S/C46H56N8O6/c1-25(2)40(51-45(57)59-7)43(55)53-23-27(5)17-38(53)36-20-33(21-47-36)30-11-9-29(10-12-30)31-13-15-34-32(19-31)14-16-35(49-34)37-22-48-42(50-37)39-18-28(6)24-54(39)44(56)41(26(3)4)52-46(58)60-8/h9-16,19,21-22,25-28,38-41H,17-18,20,23-24H2,1-8H3,(H,48,50)(H,51,57)(H,52,58)/t27-,28-,38-,39?,40-,41-/m0/s1. The van der Waals surface area contributed by atoms with Crippen LogP contribution in [0.25, 0.3) is 39.0 Å². The molecule has 4 amide bonds. The third kappa shape index (κ3) is 8.78. The highest BCUT2D eigenvalue weighted by atomic mass is 16.5. The number of alkyl carbamates (subject to hydrolysis) is 2. The Morgan fingerprint density at radius 2 is 1.32 bits per heavy atom. The number of hydrogen-bond acceptors (Lipinski definition) is 9. The molecule has 0 bridgehead atoms. The number of allylic oxidation sites excluding steroid dienone is 1. The molecule has 5 heterocycles. The Morgan fingerprint density at radius 1 is 0.750 bits per heavy atom. The topological polar surface area (TPSA) is 171 Å². The second-order valence-corrected chi connectivity index (χ2v) is 17.2. The first-order valence-electron chi connectivity index (χ1n) is 20.9. The Morgan fingerprint density at radius 3 is 1.92 bits per heavy atom. The lowest BCUT2D eigenvalue weighted by Crippen LogP contribution is -2.53. The summed E-state index contributed by atoms with van der Waals surface area (Å²) in [5, 5.41) is 6.44. The highest BCUT2D eigenvalue weighted by Gasteiger charge is 2.42. The molecule has 0 spiro atoms. The van der Waals surface area contributed by atoms with E-state index in [1.807, 2.05) is 55.8 Å². The monoisotopic (exact) mass is 816 g/mol. The molecule has 4 aromatic rings. The van der Waals surface area contributed by atoms with E-state index in [0.29, 0.717) is 31.3 Å². The molecule has 7 rings (SSSR count). The third-order valence-electron chi connectivity index (χ3n) is 12.0. The maximum absolute atomic E-state index is 13.7. The van der Waals surface area contributed by atoms with Crippen LogP contribution in [0.1, 0.15) is 78.2 Å². The van der Waals surface area contributed by atoms with Gasteiger partial charge in [0.2, 0.25) is 11.8 Å². The highest BCUT2D eigenvalue weighted by molar-refractivity contribution is 6.04. The zero-order valence-electron chi connectivity index (χ0n) is 35.7. The molecule has 2 saturated heterocycles. The molecule has 6 atom stereocenters. The summed E-state index contributed by atoms with van der Waals surface area (Å²) in [6.07, 6.45) is 4.67. The van der Waals surface area contributed by atoms with Gasteiger partial charge in [0.1, 0.15) is 17.9 Å². The van der Waals surface area contributed by atoms with Crippen molar-refractivity contribution in [2.24, 2.45) is 28.7 Å². The van der Waals surface area contributed by atoms with E-state index < -0.39 is 24.3 Å². The number of rotatable bonds is 11. The van der Waals surface area contributed by atoms with Gasteiger partial charge in [-0.05, 0) is 77.0 Å². The molecule has 3 N–H and O–H groups in total. The number of methoxy groups -OCH3 is 2. The number of fused-ring (bicyclic) bond motifs is 1. The van der Waals surface area contributed by atoms with Gasteiger partial charge in [0.15, 0.2) is 0 Å². The van der Waals surface area contributed by atoms with Gasteiger partial charge in [-0.1, -0.05) is 77.9 Å². The molecule has 3 aliphatic heterocycles. The molecule has 0 aliphatic carbocycles. The van der Waals surface area contributed by atoms with Crippen LogP contribution in [-0.2, 0) is 19.1 Å². The SMILES string of the molecule is COC(=O)N[C@H](C(=O)N1C[C@@H](C)CC1c1ncc(-c2ccc3cc(-c4ccc(C5=CN=C([C@@H]6C[C@H](C)CN6C(=O)[C@@H](NC(=O)OC)C(C)C)C5)cc4)ccc3n2)[nH]1)C(C)C.